The summed E-state index contributed by atoms with van der Waals surface area (Å²) in [5, 5.41) is 10.6. The van der Waals surface area contributed by atoms with Crippen LogP contribution in [0.4, 0.5) is 0 Å². The fraction of sp³-hybridized carbons (Fsp3) is 0.333. The van der Waals surface area contributed by atoms with Crippen LogP contribution in [0.5, 0.6) is 5.88 Å². The summed E-state index contributed by atoms with van der Waals surface area (Å²) in [6, 6.07) is 21.4. The number of carboxylic acids is 1. The molecule has 2 aliphatic rings. The summed E-state index contributed by atoms with van der Waals surface area (Å²) in [5.74, 6) is 1.05. The molecule has 1 atom stereocenters. The number of likely N-dealkylation sites (tertiary alicyclic amines) is 1. The molecule has 0 bridgehead atoms. The first-order chi connectivity index (χ1) is 20.6. The van der Waals surface area contributed by atoms with Crippen molar-refractivity contribution in [3.05, 3.63) is 95.6 Å². The molecule has 0 radical (unpaired) electrons. The van der Waals surface area contributed by atoms with Gasteiger partial charge in [-0.3, -0.25) is 9.88 Å². The number of rotatable bonds is 9. The topological polar surface area (TPSA) is 103 Å². The first-order valence-corrected chi connectivity index (χ1v) is 14.6. The highest BCUT2D eigenvalue weighted by Crippen LogP contribution is 2.30. The van der Waals surface area contributed by atoms with Crippen LogP contribution in [-0.2, 0) is 24.4 Å². The van der Waals surface area contributed by atoms with Crippen molar-refractivity contribution >= 4 is 27.9 Å². The molecular formula is C33H33N5O4. The van der Waals surface area contributed by atoms with E-state index in [-0.39, 0.29) is 11.7 Å². The predicted molar refractivity (Wildman–Crippen MR) is 159 cm³/mol. The molecule has 3 aromatic heterocycles. The Morgan fingerprint density at radius 3 is 2.64 bits per heavy atom. The number of benzene rings is 2. The molecule has 1 N–H and O–H groups in total. The summed E-state index contributed by atoms with van der Waals surface area (Å²) in [6.45, 7) is 4.52. The number of piperidine rings is 1. The van der Waals surface area contributed by atoms with Crippen molar-refractivity contribution in [1.82, 2.24) is 24.4 Å². The van der Waals surface area contributed by atoms with Gasteiger partial charge in [0.25, 0.3) is 0 Å². The van der Waals surface area contributed by atoms with E-state index in [2.05, 4.69) is 32.7 Å². The molecule has 2 aromatic carbocycles. The molecule has 5 aromatic rings. The standard InChI is InChI=1S/C33H33N5O4/c39-33(40)25-7-9-29-30(18-25)38(19-26-12-16-41-26)31(35-29)20-37-14-10-23(11-15-37)28-4-1-5-32(36-28)42-21-22-6-8-27-24(17-22)3-2-13-34-27/h1-9,13,17-18,23,26H,10-12,14-16,19-21H2,(H,39,40)/t26-/m0/s1. The number of aromatic carboxylic acids is 1. The third-order valence-electron chi connectivity index (χ3n) is 8.42. The summed E-state index contributed by atoms with van der Waals surface area (Å²) in [7, 11) is 0. The number of nitrogens with zero attached hydrogens (tertiary/aromatic N) is 5. The SMILES string of the molecule is O=C(O)c1ccc2nc(CN3CCC(c4cccc(OCc5ccc6ncccc6c5)n4)CC3)n(C[C@@H]3CCO3)c2c1. The summed E-state index contributed by atoms with van der Waals surface area (Å²) >= 11 is 0. The Kier molecular flexibility index (Phi) is 7.27. The Bertz CT molecular complexity index is 1740. The van der Waals surface area contributed by atoms with Crippen molar-refractivity contribution in [2.75, 3.05) is 19.7 Å². The number of imidazole rings is 1. The van der Waals surface area contributed by atoms with Crippen LogP contribution < -0.4 is 4.74 Å². The summed E-state index contributed by atoms with van der Waals surface area (Å²) < 4.78 is 14.0. The quantitative estimate of drug-likeness (QED) is 0.254. The van der Waals surface area contributed by atoms with Crippen LogP contribution >= 0.6 is 0 Å². The molecule has 9 heteroatoms. The minimum Gasteiger partial charge on any atom is -0.478 e. The van der Waals surface area contributed by atoms with Gasteiger partial charge >= 0.3 is 5.97 Å². The first kappa shape index (κ1) is 26.6. The molecule has 0 aliphatic carbocycles. The van der Waals surface area contributed by atoms with E-state index in [9.17, 15) is 9.90 Å². The lowest BCUT2D eigenvalue weighted by Crippen LogP contribution is -2.35. The average molecular weight is 564 g/mol. The van der Waals surface area contributed by atoms with Gasteiger partial charge in [-0.1, -0.05) is 18.2 Å². The Morgan fingerprint density at radius 1 is 0.976 bits per heavy atom. The van der Waals surface area contributed by atoms with Gasteiger partial charge < -0.3 is 19.1 Å². The number of ether oxygens (including phenoxy) is 2. The minimum absolute atomic E-state index is 0.152. The number of pyridine rings is 2. The Balaban J connectivity index is 1.000. The van der Waals surface area contributed by atoms with E-state index < -0.39 is 5.97 Å². The van der Waals surface area contributed by atoms with Crippen LogP contribution in [0, 0.1) is 0 Å². The molecule has 9 nitrogen and oxygen atoms in total. The molecule has 2 aliphatic heterocycles. The lowest BCUT2D eigenvalue weighted by molar-refractivity contribution is -0.0592. The summed E-state index contributed by atoms with van der Waals surface area (Å²) in [6.07, 6.45) is 4.98. The van der Waals surface area contributed by atoms with Gasteiger partial charge in [0.2, 0.25) is 5.88 Å². The van der Waals surface area contributed by atoms with Crippen LogP contribution in [0.1, 0.15) is 52.6 Å². The molecule has 0 amide bonds. The number of carbonyl (C=O) groups is 1. The Hall–Kier alpha value is -4.34. The van der Waals surface area contributed by atoms with Gasteiger partial charge in [-0.25, -0.2) is 14.8 Å². The van der Waals surface area contributed by atoms with Crippen molar-refractivity contribution in [1.29, 1.82) is 0 Å². The monoisotopic (exact) mass is 563 g/mol. The van der Waals surface area contributed by atoms with E-state index in [1.165, 1.54) is 0 Å². The highest BCUT2D eigenvalue weighted by atomic mass is 16.5. The largest absolute Gasteiger partial charge is 0.478 e. The van der Waals surface area contributed by atoms with Gasteiger partial charge in [0.15, 0.2) is 0 Å². The van der Waals surface area contributed by atoms with Gasteiger partial charge in [-0.15, -0.1) is 0 Å². The third-order valence-corrected chi connectivity index (χ3v) is 8.42. The van der Waals surface area contributed by atoms with Gasteiger partial charge in [-0.05, 0) is 80.4 Å². The second-order valence-corrected chi connectivity index (χ2v) is 11.2. The fourth-order valence-electron chi connectivity index (χ4n) is 5.96. The predicted octanol–water partition coefficient (Wildman–Crippen LogP) is 5.43. The van der Waals surface area contributed by atoms with Crippen LogP contribution in [0.15, 0.2) is 72.9 Å². The molecule has 2 saturated heterocycles. The Morgan fingerprint density at radius 2 is 1.83 bits per heavy atom. The maximum absolute atomic E-state index is 11.6. The highest BCUT2D eigenvalue weighted by Gasteiger charge is 2.26. The number of fused-ring (bicyclic) bond motifs is 2. The zero-order valence-corrected chi connectivity index (χ0v) is 23.4. The molecule has 2 fully saturated rings. The number of hydrogen-bond acceptors (Lipinski definition) is 7. The van der Waals surface area contributed by atoms with Gasteiger partial charge in [-0.2, -0.15) is 0 Å². The maximum atomic E-state index is 11.6. The fourth-order valence-corrected chi connectivity index (χ4v) is 5.96. The number of aromatic nitrogens is 4. The van der Waals surface area contributed by atoms with E-state index in [4.69, 9.17) is 19.4 Å². The van der Waals surface area contributed by atoms with Crippen molar-refractivity contribution in [2.24, 2.45) is 0 Å². The van der Waals surface area contributed by atoms with Crippen LogP contribution in [-0.4, -0.2) is 61.3 Å². The average Bonchev–Trinajstić information content (AvgIpc) is 3.34. The first-order valence-electron chi connectivity index (χ1n) is 14.6. The number of carboxylic acid groups (broad SMARTS) is 1. The second-order valence-electron chi connectivity index (χ2n) is 11.2. The second kappa shape index (κ2) is 11.5. The van der Waals surface area contributed by atoms with E-state index in [1.54, 1.807) is 18.3 Å². The third kappa shape index (κ3) is 5.57. The van der Waals surface area contributed by atoms with Crippen molar-refractivity contribution in [2.45, 2.75) is 51.0 Å². The van der Waals surface area contributed by atoms with Gasteiger partial charge in [0.1, 0.15) is 12.4 Å². The van der Waals surface area contributed by atoms with Crippen molar-refractivity contribution < 1.29 is 19.4 Å². The molecule has 0 unspecified atom stereocenters. The minimum atomic E-state index is -0.928. The summed E-state index contributed by atoms with van der Waals surface area (Å²) in [4.78, 5) is 28.2. The van der Waals surface area contributed by atoms with Gasteiger partial charge in [0.05, 0.1) is 41.3 Å². The molecule has 42 heavy (non-hydrogen) atoms. The molecule has 0 saturated carbocycles. The Labute approximate surface area is 243 Å². The highest BCUT2D eigenvalue weighted by molar-refractivity contribution is 5.92. The van der Waals surface area contributed by atoms with E-state index >= 15 is 0 Å². The molecular weight excluding hydrogens is 530 g/mol. The normalized spacial score (nSPS) is 17.9. The number of hydrogen-bond donors (Lipinski definition) is 1. The van der Waals surface area contributed by atoms with Gasteiger partial charge in [0, 0.05) is 35.9 Å². The molecule has 0 spiro atoms. The molecule has 7 rings (SSSR count). The smallest absolute Gasteiger partial charge is 0.335 e. The molecule has 5 heterocycles. The van der Waals surface area contributed by atoms with Crippen LogP contribution in [0.2, 0.25) is 0 Å². The maximum Gasteiger partial charge on any atom is 0.335 e. The van der Waals surface area contributed by atoms with E-state index in [1.807, 2.05) is 36.4 Å². The van der Waals surface area contributed by atoms with Crippen molar-refractivity contribution in [3.8, 4) is 5.88 Å². The zero-order chi connectivity index (χ0) is 28.5. The lowest BCUT2D eigenvalue weighted by Gasteiger charge is -2.32. The molecule has 214 valence electrons. The van der Waals surface area contributed by atoms with Crippen LogP contribution in [0.25, 0.3) is 21.9 Å². The van der Waals surface area contributed by atoms with E-state index in [0.29, 0.717) is 31.5 Å². The lowest BCUT2D eigenvalue weighted by atomic mass is 9.93. The zero-order valence-electron chi connectivity index (χ0n) is 23.4. The summed E-state index contributed by atoms with van der Waals surface area (Å²) in [5.41, 5.74) is 5.10. The van der Waals surface area contributed by atoms with E-state index in [0.717, 1.165) is 78.0 Å². The van der Waals surface area contributed by atoms with Crippen LogP contribution in [0.3, 0.4) is 0 Å². The van der Waals surface area contributed by atoms with Crippen molar-refractivity contribution in [3.63, 3.8) is 0 Å².